The van der Waals surface area contributed by atoms with Crippen LogP contribution in [0.3, 0.4) is 0 Å². The van der Waals surface area contributed by atoms with E-state index in [1.807, 2.05) is 6.07 Å². The van der Waals surface area contributed by atoms with Crippen molar-refractivity contribution >= 4 is 52.4 Å². The highest BCUT2D eigenvalue weighted by Gasteiger charge is 2.32. The first-order chi connectivity index (χ1) is 12.1. The molecule has 3 amide bonds. The second kappa shape index (κ2) is 8.16. The largest absolute Gasteiger partial charge is 0.338 e. The predicted octanol–water partition coefficient (Wildman–Crippen LogP) is 5.62. The first-order valence-electron chi connectivity index (χ1n) is 7.71. The molecule has 8 heteroatoms. The lowest BCUT2D eigenvalue weighted by Crippen LogP contribution is -2.57. The summed E-state index contributed by atoms with van der Waals surface area (Å²) < 4.78 is 0. The van der Waals surface area contributed by atoms with Gasteiger partial charge in [-0.2, -0.15) is 0 Å². The van der Waals surface area contributed by atoms with E-state index in [0.717, 1.165) is 0 Å². The van der Waals surface area contributed by atoms with Crippen LogP contribution in [0.4, 0.5) is 10.5 Å². The van der Waals surface area contributed by atoms with Crippen LogP contribution in [0.15, 0.2) is 42.5 Å². The molecular weight excluding hydrogens is 397 g/mol. The Hall–Kier alpha value is -1.95. The van der Waals surface area contributed by atoms with Crippen LogP contribution in [0, 0.1) is 0 Å². The van der Waals surface area contributed by atoms with Gasteiger partial charge in [-0.25, -0.2) is 15.2 Å². The Labute approximate surface area is 167 Å². The fourth-order valence-corrected chi connectivity index (χ4v) is 3.14. The zero-order valence-corrected chi connectivity index (χ0v) is 16.7. The number of urea groups is 1. The monoisotopic (exact) mass is 413 g/mol. The summed E-state index contributed by atoms with van der Waals surface area (Å²) in [5.74, 6) is -0.549. The van der Waals surface area contributed by atoms with Crippen molar-refractivity contribution in [1.29, 1.82) is 0 Å². The van der Waals surface area contributed by atoms with E-state index < -0.39 is 17.5 Å². The van der Waals surface area contributed by atoms with E-state index >= 15 is 0 Å². The summed E-state index contributed by atoms with van der Waals surface area (Å²) in [6.45, 7) is 5.31. The third kappa shape index (κ3) is 5.04. The maximum absolute atomic E-state index is 13.0. The van der Waals surface area contributed by atoms with Gasteiger partial charge < -0.3 is 5.32 Å². The van der Waals surface area contributed by atoms with E-state index in [1.165, 1.54) is 17.1 Å². The Bertz CT molecular complexity index is 797. The Morgan fingerprint density at radius 1 is 0.962 bits per heavy atom. The number of nitrogens with zero attached hydrogens (tertiary/aromatic N) is 1. The van der Waals surface area contributed by atoms with Gasteiger partial charge in [-0.3, -0.25) is 4.79 Å². The number of halogens is 3. The van der Waals surface area contributed by atoms with Crippen LogP contribution in [-0.4, -0.2) is 22.5 Å². The van der Waals surface area contributed by atoms with Crippen molar-refractivity contribution in [1.82, 2.24) is 10.4 Å². The Morgan fingerprint density at radius 3 is 2.00 bits per heavy atom. The van der Waals surface area contributed by atoms with Crippen molar-refractivity contribution in [2.75, 3.05) is 5.32 Å². The van der Waals surface area contributed by atoms with Crippen molar-refractivity contribution in [3.8, 4) is 0 Å². The van der Waals surface area contributed by atoms with Crippen LogP contribution in [0.5, 0.6) is 0 Å². The van der Waals surface area contributed by atoms with Gasteiger partial charge in [0.25, 0.3) is 5.91 Å². The van der Waals surface area contributed by atoms with Gasteiger partial charge in [0.2, 0.25) is 0 Å². The molecule has 5 nitrogen and oxygen atoms in total. The summed E-state index contributed by atoms with van der Waals surface area (Å²) in [6.07, 6.45) is 0. The number of nitrogens with one attached hydrogen (secondary N) is 2. The van der Waals surface area contributed by atoms with E-state index in [9.17, 15) is 9.59 Å². The molecule has 2 aromatic rings. The number of carbonyl (C=O) groups excluding carboxylic acids is 2. The Balaban J connectivity index is 2.28. The molecule has 2 N–H and O–H groups in total. The topological polar surface area (TPSA) is 61.4 Å². The molecule has 0 atom stereocenters. The molecule has 0 spiro atoms. The number of amides is 3. The van der Waals surface area contributed by atoms with Gasteiger partial charge in [0.1, 0.15) is 0 Å². The van der Waals surface area contributed by atoms with E-state index in [4.69, 9.17) is 34.8 Å². The van der Waals surface area contributed by atoms with Gasteiger partial charge in [-0.05, 0) is 45.0 Å². The van der Waals surface area contributed by atoms with Crippen molar-refractivity contribution in [2.45, 2.75) is 26.3 Å². The second-order valence-electron chi connectivity index (χ2n) is 6.49. The maximum atomic E-state index is 13.0. The van der Waals surface area contributed by atoms with Gasteiger partial charge in [0.05, 0.1) is 21.1 Å². The van der Waals surface area contributed by atoms with Crippen molar-refractivity contribution in [2.24, 2.45) is 0 Å². The van der Waals surface area contributed by atoms with E-state index in [-0.39, 0.29) is 15.6 Å². The summed E-state index contributed by atoms with van der Waals surface area (Å²) in [6, 6.07) is 11.1. The third-order valence-electron chi connectivity index (χ3n) is 3.34. The van der Waals surface area contributed by atoms with Crippen LogP contribution in [0.25, 0.3) is 0 Å². The number of rotatable bonds is 2. The smallest absolute Gasteiger partial charge is 0.307 e. The summed E-state index contributed by atoms with van der Waals surface area (Å²) in [7, 11) is 0. The van der Waals surface area contributed by atoms with Crippen molar-refractivity contribution < 1.29 is 9.59 Å². The number of hydrazine groups is 1. The van der Waals surface area contributed by atoms with Crippen LogP contribution in [-0.2, 0) is 0 Å². The van der Waals surface area contributed by atoms with Gasteiger partial charge in [-0.15, -0.1) is 0 Å². The first-order valence-corrected chi connectivity index (χ1v) is 8.85. The molecule has 0 radical (unpaired) electrons. The standard InChI is InChI=1S/C18H18Cl3N3O2/c1-18(2,3)24(23-17(26)22-12-7-5-4-6-8-12)16(25)15-13(20)9-11(19)10-14(15)21/h4-10H,1-3H3,(H2,22,23,26). The SMILES string of the molecule is CC(C)(C)N(NC(=O)Nc1ccccc1)C(=O)c1c(Cl)cc(Cl)cc1Cl. The number of carbonyl (C=O) groups is 2. The third-order valence-corrected chi connectivity index (χ3v) is 4.15. The molecular formula is C18H18Cl3N3O2. The van der Waals surface area contributed by atoms with Crippen LogP contribution in [0.2, 0.25) is 15.1 Å². The molecule has 0 saturated heterocycles. The molecule has 0 saturated carbocycles. The minimum atomic E-state index is -0.739. The van der Waals surface area contributed by atoms with Gasteiger partial charge in [0, 0.05) is 10.7 Å². The molecule has 0 aromatic heterocycles. The maximum Gasteiger partial charge on any atom is 0.338 e. The summed E-state index contributed by atoms with van der Waals surface area (Å²) >= 11 is 18.2. The quantitative estimate of drug-likeness (QED) is 0.626. The van der Waals surface area contributed by atoms with Crippen molar-refractivity contribution in [3.63, 3.8) is 0 Å². The summed E-state index contributed by atoms with van der Waals surface area (Å²) in [4.78, 5) is 25.3. The highest BCUT2D eigenvalue weighted by molar-refractivity contribution is 6.42. The minimum absolute atomic E-state index is 0.0627. The fraction of sp³-hybridized carbons (Fsp3) is 0.222. The summed E-state index contributed by atoms with van der Waals surface area (Å²) in [5, 5.41) is 4.35. The summed E-state index contributed by atoms with van der Waals surface area (Å²) in [5.41, 5.74) is 2.47. The minimum Gasteiger partial charge on any atom is -0.307 e. The Morgan fingerprint density at radius 2 is 1.50 bits per heavy atom. The lowest BCUT2D eigenvalue weighted by molar-refractivity contribution is 0.0461. The highest BCUT2D eigenvalue weighted by atomic mass is 35.5. The molecule has 0 unspecified atom stereocenters. The predicted molar refractivity (Wildman–Crippen MR) is 106 cm³/mol. The van der Waals surface area contributed by atoms with E-state index in [1.54, 1.807) is 45.0 Å². The lowest BCUT2D eigenvalue weighted by Gasteiger charge is -2.35. The van der Waals surface area contributed by atoms with E-state index in [0.29, 0.717) is 10.7 Å². The van der Waals surface area contributed by atoms with Crippen LogP contribution in [0.1, 0.15) is 31.1 Å². The molecule has 0 aliphatic heterocycles. The van der Waals surface area contributed by atoms with Gasteiger partial charge in [-0.1, -0.05) is 53.0 Å². The average Bonchev–Trinajstić information content (AvgIpc) is 2.51. The molecule has 2 rings (SSSR count). The van der Waals surface area contributed by atoms with Gasteiger partial charge >= 0.3 is 6.03 Å². The average molecular weight is 415 g/mol. The number of para-hydroxylation sites is 1. The number of hydrogen-bond donors (Lipinski definition) is 2. The zero-order valence-electron chi connectivity index (χ0n) is 14.4. The molecule has 0 aliphatic carbocycles. The molecule has 26 heavy (non-hydrogen) atoms. The molecule has 0 heterocycles. The number of hydrogen-bond acceptors (Lipinski definition) is 2. The second-order valence-corrected chi connectivity index (χ2v) is 7.74. The van der Waals surface area contributed by atoms with E-state index in [2.05, 4.69) is 10.7 Å². The zero-order chi connectivity index (χ0) is 19.5. The Kier molecular flexibility index (Phi) is 6.39. The molecule has 0 bridgehead atoms. The number of benzene rings is 2. The van der Waals surface area contributed by atoms with Crippen molar-refractivity contribution in [3.05, 3.63) is 63.1 Å². The van der Waals surface area contributed by atoms with Crippen LogP contribution >= 0.6 is 34.8 Å². The van der Waals surface area contributed by atoms with Crippen LogP contribution < -0.4 is 10.7 Å². The fourth-order valence-electron chi connectivity index (χ4n) is 2.16. The van der Waals surface area contributed by atoms with Gasteiger partial charge in [0.15, 0.2) is 0 Å². The molecule has 138 valence electrons. The first kappa shape index (κ1) is 20.4. The highest BCUT2D eigenvalue weighted by Crippen LogP contribution is 2.31. The normalized spacial score (nSPS) is 11.0. The molecule has 2 aromatic carbocycles. The lowest BCUT2D eigenvalue weighted by atomic mass is 10.1. The molecule has 0 fully saturated rings. The molecule has 0 aliphatic rings. The number of anilines is 1.